The summed E-state index contributed by atoms with van der Waals surface area (Å²) in [6.07, 6.45) is 5.91. The minimum absolute atomic E-state index is 0.271. The molecule has 1 aromatic carbocycles. The zero-order valence-corrected chi connectivity index (χ0v) is 12.5. The van der Waals surface area contributed by atoms with E-state index in [1.807, 2.05) is 11.0 Å². The highest BCUT2D eigenvalue weighted by Gasteiger charge is 2.22. The second-order valence-corrected chi connectivity index (χ2v) is 5.67. The maximum absolute atomic E-state index is 12.5. The molecule has 3 heteroatoms. The van der Waals surface area contributed by atoms with E-state index in [1.54, 1.807) is 0 Å². The van der Waals surface area contributed by atoms with Crippen LogP contribution in [0.25, 0.3) is 0 Å². The van der Waals surface area contributed by atoms with Gasteiger partial charge in [0, 0.05) is 18.7 Å². The Kier molecular flexibility index (Phi) is 5.60. The number of fused-ring (bicyclic) bond motifs is 1. The van der Waals surface area contributed by atoms with E-state index in [-0.39, 0.29) is 5.91 Å². The van der Waals surface area contributed by atoms with E-state index in [0.717, 1.165) is 50.9 Å². The molecule has 0 spiro atoms. The third-order valence-corrected chi connectivity index (χ3v) is 4.33. The monoisotopic (exact) mass is 274 g/mol. The number of nitrogens with zero attached hydrogens (tertiary/aromatic N) is 1. The van der Waals surface area contributed by atoms with Gasteiger partial charge in [-0.3, -0.25) is 4.79 Å². The average Bonchev–Trinajstić information content (AvgIpc) is 2.50. The van der Waals surface area contributed by atoms with E-state index in [4.69, 9.17) is 5.73 Å². The average molecular weight is 274 g/mol. The normalized spacial score (nSPS) is 15.8. The second kappa shape index (κ2) is 7.44. The summed E-state index contributed by atoms with van der Waals surface area (Å²) < 4.78 is 0. The molecule has 1 aliphatic heterocycles. The van der Waals surface area contributed by atoms with Crippen LogP contribution in [0, 0.1) is 5.92 Å². The predicted molar refractivity (Wildman–Crippen MR) is 83.8 cm³/mol. The fraction of sp³-hybridized carbons (Fsp3) is 0.588. The summed E-state index contributed by atoms with van der Waals surface area (Å²) >= 11 is 0. The van der Waals surface area contributed by atoms with Crippen molar-refractivity contribution in [3.8, 4) is 0 Å². The molecule has 0 saturated carbocycles. The number of nitrogens with two attached hydrogens (primary N) is 1. The van der Waals surface area contributed by atoms with Gasteiger partial charge < -0.3 is 10.6 Å². The van der Waals surface area contributed by atoms with Crippen molar-refractivity contribution >= 4 is 11.6 Å². The zero-order chi connectivity index (χ0) is 14.4. The molecule has 0 bridgehead atoms. The predicted octanol–water partition coefficient (Wildman–Crippen LogP) is 3.12. The maximum Gasteiger partial charge on any atom is 0.226 e. The number of hydrogen-bond acceptors (Lipinski definition) is 2. The number of hydrogen-bond donors (Lipinski definition) is 1. The number of carbonyl (C=O) groups is 1. The Hall–Kier alpha value is -1.35. The molecule has 3 nitrogen and oxygen atoms in total. The molecule has 0 fully saturated rings. The molecular weight excluding hydrogens is 248 g/mol. The van der Waals surface area contributed by atoms with Crippen LogP contribution in [0.1, 0.15) is 44.6 Å². The van der Waals surface area contributed by atoms with Crippen molar-refractivity contribution in [3.05, 3.63) is 29.8 Å². The Morgan fingerprint density at radius 3 is 2.90 bits per heavy atom. The first-order chi connectivity index (χ1) is 9.76. The van der Waals surface area contributed by atoms with Crippen LogP contribution >= 0.6 is 0 Å². The van der Waals surface area contributed by atoms with Gasteiger partial charge in [0.2, 0.25) is 5.91 Å². The Morgan fingerprint density at radius 2 is 2.15 bits per heavy atom. The number of aryl methyl sites for hydroxylation is 1. The van der Waals surface area contributed by atoms with Crippen molar-refractivity contribution < 1.29 is 4.79 Å². The van der Waals surface area contributed by atoms with Crippen molar-refractivity contribution in [2.45, 2.75) is 45.4 Å². The highest BCUT2D eigenvalue weighted by Crippen LogP contribution is 2.28. The van der Waals surface area contributed by atoms with Crippen LogP contribution in [0.5, 0.6) is 0 Å². The van der Waals surface area contributed by atoms with Crippen LogP contribution in [-0.4, -0.2) is 19.0 Å². The minimum Gasteiger partial charge on any atom is -0.330 e. The van der Waals surface area contributed by atoms with Gasteiger partial charge in [-0.15, -0.1) is 0 Å². The second-order valence-electron chi connectivity index (χ2n) is 5.67. The topological polar surface area (TPSA) is 46.3 Å². The number of para-hydroxylation sites is 1. The Balaban J connectivity index is 1.97. The van der Waals surface area contributed by atoms with E-state index >= 15 is 0 Å². The van der Waals surface area contributed by atoms with E-state index in [9.17, 15) is 4.79 Å². The molecule has 2 rings (SSSR count). The Morgan fingerprint density at radius 1 is 1.35 bits per heavy atom. The number of rotatable bonds is 6. The summed E-state index contributed by atoms with van der Waals surface area (Å²) in [5, 5.41) is 0. The Labute approximate surface area is 122 Å². The highest BCUT2D eigenvalue weighted by molar-refractivity contribution is 5.94. The summed E-state index contributed by atoms with van der Waals surface area (Å²) in [5.74, 6) is 0.858. The molecular formula is C17H26N2O. The van der Waals surface area contributed by atoms with Crippen molar-refractivity contribution in [1.29, 1.82) is 0 Å². The van der Waals surface area contributed by atoms with Crippen LogP contribution in [-0.2, 0) is 11.2 Å². The number of carbonyl (C=O) groups excluding carboxylic acids is 1. The van der Waals surface area contributed by atoms with Crippen LogP contribution in [0.2, 0.25) is 0 Å². The lowest BCUT2D eigenvalue weighted by molar-refractivity contribution is -0.119. The molecule has 1 amide bonds. The van der Waals surface area contributed by atoms with Gasteiger partial charge in [0.1, 0.15) is 0 Å². The summed E-state index contributed by atoms with van der Waals surface area (Å²) in [5.41, 5.74) is 8.05. The van der Waals surface area contributed by atoms with E-state index in [2.05, 4.69) is 25.1 Å². The van der Waals surface area contributed by atoms with E-state index in [1.165, 1.54) is 5.56 Å². The standard InChI is InChI=1S/C17H26N2O/c1-2-14(11-12-18)9-10-17(20)19-13-5-7-15-6-3-4-8-16(15)19/h3-4,6,8,14H,2,5,7,9-13,18H2,1H3. The lowest BCUT2D eigenvalue weighted by atomic mass is 9.95. The van der Waals surface area contributed by atoms with Crippen LogP contribution in [0.3, 0.4) is 0 Å². The largest absolute Gasteiger partial charge is 0.330 e. The molecule has 1 heterocycles. The first-order valence-electron chi connectivity index (χ1n) is 7.84. The first-order valence-corrected chi connectivity index (χ1v) is 7.84. The van der Waals surface area contributed by atoms with Crippen LogP contribution < -0.4 is 10.6 Å². The third-order valence-electron chi connectivity index (χ3n) is 4.33. The molecule has 1 aromatic rings. The van der Waals surface area contributed by atoms with Crippen LogP contribution in [0.15, 0.2) is 24.3 Å². The molecule has 0 radical (unpaired) electrons. The van der Waals surface area contributed by atoms with Gasteiger partial charge in [-0.05, 0) is 49.8 Å². The van der Waals surface area contributed by atoms with Gasteiger partial charge in [-0.2, -0.15) is 0 Å². The van der Waals surface area contributed by atoms with Gasteiger partial charge in [0.15, 0.2) is 0 Å². The number of amides is 1. The first kappa shape index (κ1) is 15.0. The molecule has 2 N–H and O–H groups in total. The lowest BCUT2D eigenvalue weighted by Crippen LogP contribution is -2.35. The maximum atomic E-state index is 12.5. The van der Waals surface area contributed by atoms with Gasteiger partial charge in [-0.1, -0.05) is 31.5 Å². The van der Waals surface area contributed by atoms with E-state index in [0.29, 0.717) is 12.3 Å². The lowest BCUT2D eigenvalue weighted by Gasteiger charge is -2.30. The molecule has 20 heavy (non-hydrogen) atoms. The summed E-state index contributed by atoms with van der Waals surface area (Å²) in [6, 6.07) is 8.29. The smallest absolute Gasteiger partial charge is 0.226 e. The van der Waals surface area contributed by atoms with Gasteiger partial charge in [-0.25, -0.2) is 0 Å². The minimum atomic E-state index is 0.271. The van der Waals surface area contributed by atoms with Gasteiger partial charge >= 0.3 is 0 Å². The van der Waals surface area contributed by atoms with Crippen molar-refractivity contribution in [1.82, 2.24) is 0 Å². The molecule has 0 aromatic heterocycles. The Bertz CT molecular complexity index is 444. The third kappa shape index (κ3) is 3.60. The number of anilines is 1. The fourth-order valence-electron chi connectivity index (χ4n) is 3.04. The zero-order valence-electron chi connectivity index (χ0n) is 12.5. The summed E-state index contributed by atoms with van der Waals surface area (Å²) in [6.45, 7) is 3.77. The summed E-state index contributed by atoms with van der Waals surface area (Å²) in [4.78, 5) is 14.5. The van der Waals surface area contributed by atoms with Crippen LogP contribution in [0.4, 0.5) is 5.69 Å². The van der Waals surface area contributed by atoms with Crippen molar-refractivity contribution in [3.63, 3.8) is 0 Å². The highest BCUT2D eigenvalue weighted by atomic mass is 16.2. The molecule has 1 atom stereocenters. The summed E-state index contributed by atoms with van der Waals surface area (Å²) in [7, 11) is 0. The van der Waals surface area contributed by atoms with Gasteiger partial charge in [0.25, 0.3) is 0 Å². The number of benzene rings is 1. The van der Waals surface area contributed by atoms with Crippen molar-refractivity contribution in [2.75, 3.05) is 18.0 Å². The molecule has 1 aliphatic rings. The van der Waals surface area contributed by atoms with Gasteiger partial charge in [0.05, 0.1) is 0 Å². The molecule has 0 saturated heterocycles. The molecule has 0 aliphatic carbocycles. The molecule has 110 valence electrons. The van der Waals surface area contributed by atoms with E-state index < -0.39 is 0 Å². The quantitative estimate of drug-likeness (QED) is 0.866. The van der Waals surface area contributed by atoms with Crippen molar-refractivity contribution in [2.24, 2.45) is 11.7 Å². The molecule has 1 unspecified atom stereocenters. The fourth-order valence-corrected chi connectivity index (χ4v) is 3.04. The SMILES string of the molecule is CCC(CCN)CCC(=O)N1CCCc2ccccc21.